The fraction of sp³-hybridized carbons (Fsp3) is 0.600. The fourth-order valence-corrected chi connectivity index (χ4v) is 2.37. The third-order valence-electron chi connectivity index (χ3n) is 3.74. The summed E-state index contributed by atoms with van der Waals surface area (Å²) in [7, 11) is 0. The van der Waals surface area contributed by atoms with Crippen LogP contribution in [-0.4, -0.2) is 24.0 Å². The molecule has 104 valence electrons. The predicted octanol–water partition coefficient (Wildman–Crippen LogP) is 2.11. The van der Waals surface area contributed by atoms with E-state index in [0.717, 1.165) is 25.2 Å². The van der Waals surface area contributed by atoms with Gasteiger partial charge in [0.1, 0.15) is 0 Å². The number of guanidine groups is 1. The molecule has 0 aromatic carbocycles. The first-order valence-electron chi connectivity index (χ1n) is 7.18. The lowest BCUT2D eigenvalue weighted by Crippen LogP contribution is -2.34. The molecule has 1 saturated carbocycles. The molecule has 3 N–H and O–H groups in total. The number of hydrogen-bond donors (Lipinski definition) is 2. The van der Waals surface area contributed by atoms with Gasteiger partial charge in [-0.3, -0.25) is 9.98 Å². The van der Waals surface area contributed by atoms with Gasteiger partial charge < -0.3 is 11.1 Å². The molecule has 0 bridgehead atoms. The smallest absolute Gasteiger partial charge is 0.188 e. The van der Waals surface area contributed by atoms with E-state index in [4.69, 9.17) is 5.73 Å². The number of nitrogens with two attached hydrogens (primary N) is 1. The number of nitrogens with one attached hydrogen (secondary N) is 1. The number of hydrogen-bond acceptors (Lipinski definition) is 2. The molecule has 0 unspecified atom stereocenters. The first kappa shape index (κ1) is 13.8. The summed E-state index contributed by atoms with van der Waals surface area (Å²) in [5.41, 5.74) is 7.44. The van der Waals surface area contributed by atoms with Crippen LogP contribution in [0, 0.1) is 5.41 Å². The summed E-state index contributed by atoms with van der Waals surface area (Å²) < 4.78 is 0. The molecular weight excluding hydrogens is 236 g/mol. The van der Waals surface area contributed by atoms with E-state index in [2.05, 4.69) is 22.2 Å². The Balaban J connectivity index is 1.68. The van der Waals surface area contributed by atoms with Crippen molar-refractivity contribution >= 4 is 5.96 Å². The van der Waals surface area contributed by atoms with E-state index >= 15 is 0 Å². The molecule has 1 aliphatic carbocycles. The van der Waals surface area contributed by atoms with Crippen LogP contribution in [0.2, 0.25) is 0 Å². The van der Waals surface area contributed by atoms with Crippen molar-refractivity contribution in [3.05, 3.63) is 30.1 Å². The highest BCUT2D eigenvalue weighted by molar-refractivity contribution is 5.77. The van der Waals surface area contributed by atoms with Crippen LogP contribution in [0.3, 0.4) is 0 Å². The molecule has 2 rings (SSSR count). The minimum Gasteiger partial charge on any atom is -0.370 e. The number of aromatic nitrogens is 1. The van der Waals surface area contributed by atoms with Gasteiger partial charge in [-0.25, -0.2) is 0 Å². The van der Waals surface area contributed by atoms with Crippen LogP contribution in [0.5, 0.6) is 0 Å². The largest absolute Gasteiger partial charge is 0.370 e. The number of aliphatic imine (C=N–C) groups is 1. The van der Waals surface area contributed by atoms with Gasteiger partial charge in [-0.15, -0.1) is 0 Å². The highest BCUT2D eigenvalue weighted by atomic mass is 15.1. The van der Waals surface area contributed by atoms with Crippen LogP contribution in [-0.2, 0) is 6.42 Å². The van der Waals surface area contributed by atoms with E-state index in [1.165, 1.54) is 25.7 Å². The molecule has 1 heterocycles. The summed E-state index contributed by atoms with van der Waals surface area (Å²) in [6.45, 7) is 3.90. The van der Waals surface area contributed by atoms with Gasteiger partial charge in [-0.2, -0.15) is 0 Å². The summed E-state index contributed by atoms with van der Waals surface area (Å²) in [6.07, 6.45) is 7.82. The zero-order chi connectivity index (χ0) is 13.6. The maximum absolute atomic E-state index is 5.89. The third-order valence-corrected chi connectivity index (χ3v) is 3.74. The van der Waals surface area contributed by atoms with E-state index in [9.17, 15) is 0 Å². The minimum absolute atomic E-state index is 0.474. The number of pyridine rings is 1. The second kappa shape index (κ2) is 6.55. The van der Waals surface area contributed by atoms with Crippen molar-refractivity contribution in [1.82, 2.24) is 10.3 Å². The quantitative estimate of drug-likeness (QED) is 0.583. The van der Waals surface area contributed by atoms with E-state index in [1.807, 2.05) is 24.4 Å². The molecule has 4 heteroatoms. The Hall–Kier alpha value is -1.58. The Kier molecular flexibility index (Phi) is 4.77. The van der Waals surface area contributed by atoms with Crippen LogP contribution >= 0.6 is 0 Å². The summed E-state index contributed by atoms with van der Waals surface area (Å²) in [4.78, 5) is 8.75. The SMILES string of the molecule is CCCC1(CN=C(N)NCCc2ccccn2)CC1. The predicted molar refractivity (Wildman–Crippen MR) is 79.0 cm³/mol. The van der Waals surface area contributed by atoms with Crippen molar-refractivity contribution in [1.29, 1.82) is 0 Å². The highest BCUT2D eigenvalue weighted by Gasteiger charge is 2.41. The topological polar surface area (TPSA) is 63.3 Å². The van der Waals surface area contributed by atoms with Gasteiger partial charge in [0.05, 0.1) is 0 Å². The lowest BCUT2D eigenvalue weighted by atomic mass is 10.0. The second-order valence-electron chi connectivity index (χ2n) is 5.45. The molecule has 1 fully saturated rings. The molecule has 1 aliphatic rings. The minimum atomic E-state index is 0.474. The maximum atomic E-state index is 5.89. The van der Waals surface area contributed by atoms with Crippen LogP contribution in [0.15, 0.2) is 29.4 Å². The molecule has 1 aromatic rings. The maximum Gasteiger partial charge on any atom is 0.188 e. The monoisotopic (exact) mass is 260 g/mol. The van der Waals surface area contributed by atoms with Crippen molar-refractivity contribution in [3.8, 4) is 0 Å². The van der Waals surface area contributed by atoms with Gasteiger partial charge in [-0.1, -0.05) is 19.4 Å². The Labute approximate surface area is 115 Å². The zero-order valence-electron chi connectivity index (χ0n) is 11.7. The number of nitrogens with zero attached hydrogens (tertiary/aromatic N) is 2. The third kappa shape index (κ3) is 4.54. The molecule has 19 heavy (non-hydrogen) atoms. The molecule has 0 atom stereocenters. The molecule has 1 aromatic heterocycles. The molecule has 4 nitrogen and oxygen atoms in total. The molecule has 0 spiro atoms. The Morgan fingerprint density at radius 1 is 1.47 bits per heavy atom. The molecule has 0 radical (unpaired) electrons. The Morgan fingerprint density at radius 2 is 2.32 bits per heavy atom. The van der Waals surface area contributed by atoms with Crippen LogP contribution < -0.4 is 11.1 Å². The lowest BCUT2D eigenvalue weighted by molar-refractivity contribution is 0.472. The average molecular weight is 260 g/mol. The van der Waals surface area contributed by atoms with Gasteiger partial charge in [0.15, 0.2) is 5.96 Å². The van der Waals surface area contributed by atoms with Crippen molar-refractivity contribution in [2.45, 2.75) is 39.0 Å². The first-order chi connectivity index (χ1) is 9.24. The van der Waals surface area contributed by atoms with E-state index < -0.39 is 0 Å². The van der Waals surface area contributed by atoms with Crippen LogP contribution in [0.25, 0.3) is 0 Å². The highest BCUT2D eigenvalue weighted by Crippen LogP contribution is 2.49. The van der Waals surface area contributed by atoms with Gasteiger partial charge >= 0.3 is 0 Å². The fourth-order valence-electron chi connectivity index (χ4n) is 2.37. The normalized spacial score (nSPS) is 17.2. The van der Waals surface area contributed by atoms with E-state index in [0.29, 0.717) is 11.4 Å². The summed E-state index contributed by atoms with van der Waals surface area (Å²) in [6, 6.07) is 5.95. The second-order valence-corrected chi connectivity index (χ2v) is 5.45. The van der Waals surface area contributed by atoms with Gasteiger partial charge in [0.25, 0.3) is 0 Å². The van der Waals surface area contributed by atoms with E-state index in [-0.39, 0.29) is 0 Å². The summed E-state index contributed by atoms with van der Waals surface area (Å²) in [5.74, 6) is 0.568. The average Bonchev–Trinajstić information content (AvgIpc) is 3.19. The number of rotatable bonds is 7. The van der Waals surface area contributed by atoms with Crippen LogP contribution in [0.4, 0.5) is 0 Å². The van der Waals surface area contributed by atoms with Crippen molar-refractivity contribution < 1.29 is 0 Å². The molecule has 0 saturated heterocycles. The summed E-state index contributed by atoms with van der Waals surface area (Å²) in [5, 5.41) is 3.16. The molecular formula is C15H24N4. The summed E-state index contributed by atoms with van der Waals surface area (Å²) >= 11 is 0. The first-order valence-corrected chi connectivity index (χ1v) is 7.18. The van der Waals surface area contributed by atoms with Crippen molar-refractivity contribution in [2.24, 2.45) is 16.1 Å². The molecule has 0 amide bonds. The molecule has 0 aliphatic heterocycles. The standard InChI is InChI=1S/C15H24N4/c1-2-7-15(8-9-15)12-19-14(16)18-11-6-13-5-3-4-10-17-13/h3-5,10H,2,6-9,11-12H2,1H3,(H3,16,18,19). The zero-order valence-corrected chi connectivity index (χ0v) is 11.7. The van der Waals surface area contributed by atoms with Crippen molar-refractivity contribution in [3.63, 3.8) is 0 Å². The Morgan fingerprint density at radius 3 is 2.95 bits per heavy atom. The van der Waals surface area contributed by atoms with Gasteiger partial charge in [-0.05, 0) is 36.8 Å². The van der Waals surface area contributed by atoms with E-state index in [1.54, 1.807) is 0 Å². The van der Waals surface area contributed by atoms with Crippen molar-refractivity contribution in [2.75, 3.05) is 13.1 Å². The Bertz CT molecular complexity index is 409. The van der Waals surface area contributed by atoms with Crippen LogP contribution in [0.1, 0.15) is 38.3 Å². The lowest BCUT2D eigenvalue weighted by Gasteiger charge is -2.11. The van der Waals surface area contributed by atoms with Gasteiger partial charge in [0, 0.05) is 31.4 Å². The van der Waals surface area contributed by atoms with Gasteiger partial charge in [0.2, 0.25) is 0 Å².